The first kappa shape index (κ1) is 20.3. The molecular weight excluding hydrogens is 368 g/mol. The molecule has 3 heterocycles. The van der Waals surface area contributed by atoms with Crippen molar-refractivity contribution in [3.63, 3.8) is 0 Å². The van der Waals surface area contributed by atoms with Crippen molar-refractivity contribution in [1.29, 1.82) is 0 Å². The second-order valence-corrected chi connectivity index (χ2v) is 9.27. The number of ether oxygens (including phenoxy) is 1. The number of piperidine rings is 1. The fourth-order valence-electron chi connectivity index (χ4n) is 5.09. The van der Waals surface area contributed by atoms with Gasteiger partial charge in [-0.2, -0.15) is 0 Å². The van der Waals surface area contributed by atoms with Gasteiger partial charge in [0.05, 0.1) is 12.1 Å². The largest absolute Gasteiger partial charge is 0.447 e. The molecule has 2 saturated heterocycles. The predicted molar refractivity (Wildman–Crippen MR) is 111 cm³/mol. The Morgan fingerprint density at radius 2 is 2.00 bits per heavy atom. The van der Waals surface area contributed by atoms with E-state index in [4.69, 9.17) is 4.74 Å². The van der Waals surface area contributed by atoms with Crippen LogP contribution in [0.3, 0.4) is 0 Å². The minimum Gasteiger partial charge on any atom is -0.447 e. The van der Waals surface area contributed by atoms with Crippen molar-refractivity contribution in [3.05, 3.63) is 23.5 Å². The van der Waals surface area contributed by atoms with Gasteiger partial charge in [0.25, 0.3) is 0 Å². The number of carbonyl (C=O) groups is 2. The maximum absolute atomic E-state index is 12.9. The fourth-order valence-corrected chi connectivity index (χ4v) is 5.09. The minimum atomic E-state index is -0.278. The van der Waals surface area contributed by atoms with Gasteiger partial charge in [-0.3, -0.25) is 15.0 Å². The number of nitrogens with zero attached hydrogens (tertiary/aromatic N) is 3. The fraction of sp³-hybridized carbons (Fsp3) is 0.727. The van der Waals surface area contributed by atoms with Gasteiger partial charge in [-0.1, -0.05) is 0 Å². The molecule has 2 amide bonds. The molecule has 1 aliphatic carbocycles. The van der Waals surface area contributed by atoms with E-state index in [1.807, 2.05) is 30.6 Å². The van der Waals surface area contributed by atoms with Crippen molar-refractivity contribution in [2.75, 3.05) is 13.1 Å². The Kier molecular flexibility index (Phi) is 5.36. The number of nitrogens with one attached hydrogen (secondary N) is 1. The summed E-state index contributed by atoms with van der Waals surface area (Å²) < 4.78 is 7.94. The van der Waals surface area contributed by atoms with Gasteiger partial charge >= 0.3 is 6.09 Å². The van der Waals surface area contributed by atoms with E-state index in [0.717, 1.165) is 13.0 Å². The van der Waals surface area contributed by atoms with Crippen molar-refractivity contribution in [2.45, 2.75) is 90.2 Å². The summed E-state index contributed by atoms with van der Waals surface area (Å²) in [6.45, 7) is 10.8. The second kappa shape index (κ2) is 7.67. The lowest BCUT2D eigenvalue weighted by Crippen LogP contribution is -2.72. The van der Waals surface area contributed by atoms with Crippen molar-refractivity contribution in [2.24, 2.45) is 0 Å². The summed E-state index contributed by atoms with van der Waals surface area (Å²) in [4.78, 5) is 28.9. The maximum Gasteiger partial charge on any atom is 0.410 e. The Balaban J connectivity index is 1.59. The van der Waals surface area contributed by atoms with Crippen LogP contribution >= 0.6 is 0 Å². The average molecular weight is 403 g/mol. The van der Waals surface area contributed by atoms with Gasteiger partial charge < -0.3 is 14.2 Å². The van der Waals surface area contributed by atoms with Crippen LogP contribution in [0.4, 0.5) is 4.79 Å². The van der Waals surface area contributed by atoms with Crippen molar-refractivity contribution >= 4 is 12.0 Å². The summed E-state index contributed by atoms with van der Waals surface area (Å²) in [6.07, 6.45) is 5.05. The molecule has 1 N–H and O–H groups in total. The molecule has 4 rings (SSSR count). The summed E-state index contributed by atoms with van der Waals surface area (Å²) in [6, 6.07) is 2.81. The number of aryl methyl sites for hydroxylation is 1. The number of fused-ring (bicyclic) bond motifs is 1. The quantitative estimate of drug-likeness (QED) is 0.844. The molecule has 160 valence electrons. The van der Waals surface area contributed by atoms with Gasteiger partial charge in [0.2, 0.25) is 5.91 Å². The topological polar surface area (TPSA) is 66.8 Å². The average Bonchev–Trinajstić information content (AvgIpc) is 3.41. The van der Waals surface area contributed by atoms with E-state index in [1.165, 1.54) is 24.1 Å². The molecule has 4 unspecified atom stereocenters. The third-order valence-corrected chi connectivity index (χ3v) is 6.52. The van der Waals surface area contributed by atoms with Crippen LogP contribution < -0.4 is 5.32 Å². The van der Waals surface area contributed by atoms with Crippen LogP contribution in [-0.4, -0.2) is 63.8 Å². The molecule has 1 saturated carbocycles. The smallest absolute Gasteiger partial charge is 0.410 e. The first-order chi connectivity index (χ1) is 13.8. The van der Waals surface area contributed by atoms with Gasteiger partial charge in [-0.05, 0) is 58.6 Å². The highest BCUT2D eigenvalue weighted by Gasteiger charge is 2.47. The summed E-state index contributed by atoms with van der Waals surface area (Å²) >= 11 is 0. The Morgan fingerprint density at radius 1 is 1.28 bits per heavy atom. The van der Waals surface area contributed by atoms with Crippen molar-refractivity contribution in [1.82, 2.24) is 19.7 Å². The molecule has 2 aliphatic heterocycles. The Hall–Kier alpha value is -2.02. The lowest BCUT2D eigenvalue weighted by atomic mass is 9.85. The monoisotopic (exact) mass is 402 g/mol. The zero-order valence-electron chi connectivity index (χ0n) is 18.2. The van der Waals surface area contributed by atoms with Gasteiger partial charge in [-0.15, -0.1) is 0 Å². The lowest BCUT2D eigenvalue weighted by molar-refractivity contribution is -0.143. The highest BCUT2D eigenvalue weighted by atomic mass is 16.6. The number of piperazine rings is 1. The van der Waals surface area contributed by atoms with E-state index >= 15 is 0 Å². The predicted octanol–water partition coefficient (Wildman–Crippen LogP) is 3.00. The highest BCUT2D eigenvalue weighted by molar-refractivity contribution is 5.75. The number of carbonyl (C=O) groups excluding carboxylic acids is 2. The third kappa shape index (κ3) is 3.89. The Labute approximate surface area is 173 Å². The molecule has 7 nitrogen and oxygen atoms in total. The number of hydrogen-bond donors (Lipinski definition) is 1. The molecule has 3 aliphatic rings. The summed E-state index contributed by atoms with van der Waals surface area (Å²) in [7, 11) is 0. The van der Waals surface area contributed by atoms with Crippen LogP contribution in [0.5, 0.6) is 0 Å². The lowest BCUT2D eigenvalue weighted by Gasteiger charge is -2.53. The summed E-state index contributed by atoms with van der Waals surface area (Å²) in [5.74, 6) is 0.359. The van der Waals surface area contributed by atoms with E-state index < -0.39 is 0 Å². The van der Waals surface area contributed by atoms with E-state index in [0.29, 0.717) is 18.5 Å². The van der Waals surface area contributed by atoms with Gasteiger partial charge in [-0.25, -0.2) is 4.79 Å². The summed E-state index contributed by atoms with van der Waals surface area (Å²) in [5.41, 5.74) is 2.63. The number of rotatable bonds is 3. The van der Waals surface area contributed by atoms with E-state index in [9.17, 15) is 9.59 Å². The summed E-state index contributed by atoms with van der Waals surface area (Å²) in [5, 5.41) is 3.59. The van der Waals surface area contributed by atoms with Crippen LogP contribution in [0.1, 0.15) is 70.2 Å². The second-order valence-electron chi connectivity index (χ2n) is 9.27. The van der Waals surface area contributed by atoms with E-state index in [2.05, 4.69) is 29.1 Å². The molecule has 7 heteroatoms. The number of aromatic nitrogens is 1. The minimum absolute atomic E-state index is 0.0456. The standard InChI is InChI=1S/C22H34N4O3/c1-13(2)29-22(28)25-11-15(4)26(16(5)27)21-20(25)9-17(10-23-21)18-8-14(3)24(12-18)19-6-7-19/h8,12-13,15,17,19-21,23H,6-7,9-11H2,1-5H3. The molecule has 0 radical (unpaired) electrons. The van der Waals surface area contributed by atoms with Crippen molar-refractivity contribution in [3.8, 4) is 0 Å². The number of amides is 2. The van der Waals surface area contributed by atoms with Crippen molar-refractivity contribution < 1.29 is 14.3 Å². The first-order valence-corrected chi connectivity index (χ1v) is 10.9. The van der Waals surface area contributed by atoms with E-state index in [1.54, 1.807) is 6.92 Å². The Morgan fingerprint density at radius 3 is 2.62 bits per heavy atom. The highest BCUT2D eigenvalue weighted by Crippen LogP contribution is 2.39. The molecule has 0 aromatic carbocycles. The van der Waals surface area contributed by atoms with Crippen LogP contribution in [0.2, 0.25) is 0 Å². The van der Waals surface area contributed by atoms with Gasteiger partial charge in [0, 0.05) is 49.9 Å². The number of hydrogen-bond acceptors (Lipinski definition) is 4. The molecule has 0 bridgehead atoms. The van der Waals surface area contributed by atoms with Gasteiger partial charge in [0.1, 0.15) is 6.17 Å². The first-order valence-electron chi connectivity index (χ1n) is 10.9. The maximum atomic E-state index is 12.9. The molecule has 29 heavy (non-hydrogen) atoms. The molecule has 1 aromatic rings. The van der Waals surface area contributed by atoms with Gasteiger partial charge in [0.15, 0.2) is 0 Å². The normalized spacial score (nSPS) is 29.7. The molecule has 1 aromatic heterocycles. The molecule has 4 atom stereocenters. The molecular formula is C22H34N4O3. The SMILES string of the molecule is CC(=O)N1C(C)CN(C(=O)OC(C)C)C2CC(c3cc(C)n(C4CC4)c3)CNC21. The van der Waals surface area contributed by atoms with Crippen LogP contribution in [0.15, 0.2) is 12.3 Å². The Bertz CT molecular complexity index is 785. The zero-order chi connectivity index (χ0) is 20.9. The van der Waals surface area contributed by atoms with Crippen LogP contribution in [0, 0.1) is 6.92 Å². The third-order valence-electron chi connectivity index (χ3n) is 6.52. The van der Waals surface area contributed by atoms with Crippen LogP contribution in [-0.2, 0) is 9.53 Å². The molecule has 0 spiro atoms. The zero-order valence-corrected chi connectivity index (χ0v) is 18.2. The van der Waals surface area contributed by atoms with Crippen LogP contribution in [0.25, 0.3) is 0 Å². The molecule has 3 fully saturated rings. The van der Waals surface area contributed by atoms with E-state index in [-0.39, 0.29) is 36.4 Å².